The van der Waals surface area contributed by atoms with Gasteiger partial charge in [-0.1, -0.05) is 37.3 Å². The van der Waals surface area contributed by atoms with Gasteiger partial charge in [0.1, 0.15) is 19.0 Å². The van der Waals surface area contributed by atoms with Gasteiger partial charge >= 0.3 is 0 Å². The molecule has 0 amide bonds. The number of nitrogens with one attached hydrogen (secondary N) is 1. The van der Waals surface area contributed by atoms with Gasteiger partial charge in [0.05, 0.1) is 7.11 Å². The Bertz CT molecular complexity index is 572. The highest BCUT2D eigenvalue weighted by Crippen LogP contribution is 2.31. The molecular weight excluding hydrogens is 290 g/mol. The molecule has 0 radical (unpaired) electrons. The van der Waals surface area contributed by atoms with E-state index >= 15 is 0 Å². The van der Waals surface area contributed by atoms with Crippen LogP contribution in [0.25, 0.3) is 0 Å². The summed E-state index contributed by atoms with van der Waals surface area (Å²) in [6.45, 7) is 4.85. The molecule has 2 rings (SSSR count). The fourth-order valence-electron chi connectivity index (χ4n) is 2.24. The van der Waals surface area contributed by atoms with E-state index in [0.717, 1.165) is 42.3 Å². The molecule has 0 aliphatic heterocycles. The van der Waals surface area contributed by atoms with Gasteiger partial charge in [-0.2, -0.15) is 0 Å². The van der Waals surface area contributed by atoms with Gasteiger partial charge in [0.2, 0.25) is 0 Å². The zero-order valence-electron chi connectivity index (χ0n) is 13.9. The van der Waals surface area contributed by atoms with Crippen LogP contribution in [0.1, 0.15) is 18.9 Å². The molecule has 23 heavy (non-hydrogen) atoms. The Morgan fingerprint density at radius 3 is 2.43 bits per heavy atom. The molecule has 0 aliphatic carbocycles. The summed E-state index contributed by atoms with van der Waals surface area (Å²) in [6, 6.07) is 15.7. The molecule has 0 heterocycles. The zero-order valence-corrected chi connectivity index (χ0v) is 13.9. The average Bonchev–Trinajstić information content (AvgIpc) is 2.60. The van der Waals surface area contributed by atoms with Crippen LogP contribution in [0.5, 0.6) is 17.2 Å². The molecule has 0 aromatic heterocycles. The van der Waals surface area contributed by atoms with Crippen LogP contribution in [0.15, 0.2) is 48.5 Å². The third-order valence-electron chi connectivity index (χ3n) is 3.36. The summed E-state index contributed by atoms with van der Waals surface area (Å²) in [7, 11) is 1.66. The van der Waals surface area contributed by atoms with Crippen molar-refractivity contribution >= 4 is 0 Å². The van der Waals surface area contributed by atoms with E-state index in [2.05, 4.69) is 18.3 Å². The highest BCUT2D eigenvalue weighted by Gasteiger charge is 2.10. The Morgan fingerprint density at radius 2 is 1.70 bits per heavy atom. The molecule has 4 nitrogen and oxygen atoms in total. The third-order valence-corrected chi connectivity index (χ3v) is 3.36. The summed E-state index contributed by atoms with van der Waals surface area (Å²) in [5.41, 5.74) is 1.09. The van der Waals surface area contributed by atoms with E-state index in [1.165, 1.54) is 0 Å². The second-order valence-electron chi connectivity index (χ2n) is 5.14. The van der Waals surface area contributed by atoms with Gasteiger partial charge in [-0.3, -0.25) is 0 Å². The molecule has 4 heteroatoms. The van der Waals surface area contributed by atoms with Crippen molar-refractivity contribution < 1.29 is 14.2 Å². The Morgan fingerprint density at radius 1 is 0.913 bits per heavy atom. The van der Waals surface area contributed by atoms with E-state index in [9.17, 15) is 0 Å². The van der Waals surface area contributed by atoms with Gasteiger partial charge in [-0.25, -0.2) is 0 Å². The van der Waals surface area contributed by atoms with Gasteiger partial charge in [0, 0.05) is 12.1 Å². The quantitative estimate of drug-likeness (QED) is 0.679. The third kappa shape index (κ3) is 5.49. The first-order valence-corrected chi connectivity index (χ1v) is 8.02. The van der Waals surface area contributed by atoms with Crippen LogP contribution in [0.3, 0.4) is 0 Å². The van der Waals surface area contributed by atoms with Crippen LogP contribution in [-0.4, -0.2) is 26.9 Å². The molecule has 0 bridgehead atoms. The lowest BCUT2D eigenvalue weighted by molar-refractivity contribution is 0.209. The molecule has 2 aromatic carbocycles. The minimum absolute atomic E-state index is 0.468. The molecule has 0 unspecified atom stereocenters. The first kappa shape index (κ1) is 17.2. The van der Waals surface area contributed by atoms with Crippen LogP contribution >= 0.6 is 0 Å². The number of methoxy groups -OCH3 is 1. The van der Waals surface area contributed by atoms with Gasteiger partial charge < -0.3 is 19.5 Å². The van der Waals surface area contributed by atoms with Crippen LogP contribution in [0.4, 0.5) is 0 Å². The Labute approximate surface area is 138 Å². The largest absolute Gasteiger partial charge is 0.493 e. The summed E-state index contributed by atoms with van der Waals surface area (Å²) in [5.74, 6) is 2.39. The lowest BCUT2D eigenvalue weighted by Gasteiger charge is -2.16. The van der Waals surface area contributed by atoms with Crippen molar-refractivity contribution in [2.24, 2.45) is 0 Å². The predicted molar refractivity (Wildman–Crippen MR) is 92.4 cm³/mol. The van der Waals surface area contributed by atoms with Gasteiger partial charge in [0.15, 0.2) is 11.5 Å². The first-order chi connectivity index (χ1) is 11.3. The summed E-state index contributed by atoms with van der Waals surface area (Å²) >= 11 is 0. The summed E-state index contributed by atoms with van der Waals surface area (Å²) in [6.07, 6.45) is 1.10. The van der Waals surface area contributed by atoms with Gasteiger partial charge in [-0.05, 0) is 31.2 Å². The zero-order chi connectivity index (χ0) is 16.3. The smallest absolute Gasteiger partial charge is 0.165 e. The van der Waals surface area contributed by atoms with Crippen molar-refractivity contribution in [1.29, 1.82) is 0 Å². The Hall–Kier alpha value is -2.20. The molecule has 0 saturated carbocycles. The standard InChI is InChI=1S/C19H25NO3/c1-3-12-20-15-16-8-7-11-18(21-2)19(16)23-14-13-22-17-9-5-4-6-10-17/h4-11,20H,3,12-15H2,1-2H3. The van der Waals surface area contributed by atoms with E-state index in [-0.39, 0.29) is 0 Å². The second kappa shape index (κ2) is 9.74. The van der Waals surface area contributed by atoms with Crippen LogP contribution < -0.4 is 19.5 Å². The minimum atomic E-state index is 0.468. The fourth-order valence-corrected chi connectivity index (χ4v) is 2.24. The average molecular weight is 315 g/mol. The summed E-state index contributed by atoms with van der Waals surface area (Å²) in [4.78, 5) is 0. The Kier molecular flexibility index (Phi) is 7.27. The molecule has 1 N–H and O–H groups in total. The maximum Gasteiger partial charge on any atom is 0.165 e. The van der Waals surface area contributed by atoms with Crippen molar-refractivity contribution in [2.45, 2.75) is 19.9 Å². The number of benzene rings is 2. The summed E-state index contributed by atoms with van der Waals surface area (Å²) < 4.78 is 17.0. The summed E-state index contributed by atoms with van der Waals surface area (Å²) in [5, 5.41) is 3.39. The maximum atomic E-state index is 5.92. The Balaban J connectivity index is 1.91. The molecule has 0 saturated heterocycles. The van der Waals surface area contributed by atoms with E-state index in [4.69, 9.17) is 14.2 Å². The lowest BCUT2D eigenvalue weighted by Crippen LogP contribution is -2.16. The highest BCUT2D eigenvalue weighted by atomic mass is 16.5. The number of hydrogen-bond acceptors (Lipinski definition) is 4. The second-order valence-corrected chi connectivity index (χ2v) is 5.14. The molecule has 2 aromatic rings. The number of rotatable bonds is 10. The number of hydrogen-bond donors (Lipinski definition) is 1. The number of para-hydroxylation sites is 2. The van der Waals surface area contributed by atoms with Crippen molar-refractivity contribution in [3.63, 3.8) is 0 Å². The van der Waals surface area contributed by atoms with E-state index in [1.54, 1.807) is 7.11 Å². The van der Waals surface area contributed by atoms with E-state index in [0.29, 0.717) is 13.2 Å². The molecule has 0 fully saturated rings. The monoisotopic (exact) mass is 315 g/mol. The maximum absolute atomic E-state index is 5.92. The van der Waals surface area contributed by atoms with Gasteiger partial charge in [0.25, 0.3) is 0 Å². The van der Waals surface area contributed by atoms with Crippen molar-refractivity contribution in [1.82, 2.24) is 5.32 Å². The topological polar surface area (TPSA) is 39.7 Å². The molecule has 0 aliphatic rings. The van der Waals surface area contributed by atoms with Gasteiger partial charge in [-0.15, -0.1) is 0 Å². The molecule has 0 atom stereocenters. The molecular formula is C19H25NO3. The first-order valence-electron chi connectivity index (χ1n) is 8.02. The SMILES string of the molecule is CCCNCc1cccc(OC)c1OCCOc1ccccc1. The highest BCUT2D eigenvalue weighted by molar-refractivity contribution is 5.46. The van der Waals surface area contributed by atoms with Crippen molar-refractivity contribution in [3.8, 4) is 17.2 Å². The minimum Gasteiger partial charge on any atom is -0.493 e. The van der Waals surface area contributed by atoms with E-state index in [1.807, 2.05) is 42.5 Å². The molecule has 0 spiro atoms. The van der Waals surface area contributed by atoms with E-state index < -0.39 is 0 Å². The normalized spacial score (nSPS) is 10.3. The fraction of sp³-hybridized carbons (Fsp3) is 0.368. The molecule has 124 valence electrons. The predicted octanol–water partition coefficient (Wildman–Crippen LogP) is 3.65. The van der Waals surface area contributed by atoms with Crippen molar-refractivity contribution in [3.05, 3.63) is 54.1 Å². The van der Waals surface area contributed by atoms with Crippen molar-refractivity contribution in [2.75, 3.05) is 26.9 Å². The van der Waals surface area contributed by atoms with Crippen LogP contribution in [0.2, 0.25) is 0 Å². The number of ether oxygens (including phenoxy) is 3. The van der Waals surface area contributed by atoms with Crippen LogP contribution in [0, 0.1) is 0 Å². The van der Waals surface area contributed by atoms with Crippen LogP contribution in [-0.2, 0) is 6.54 Å². The lowest BCUT2D eigenvalue weighted by atomic mass is 10.2.